The van der Waals surface area contributed by atoms with Gasteiger partial charge in [-0.2, -0.15) is 5.10 Å². The van der Waals surface area contributed by atoms with E-state index in [2.05, 4.69) is 20.0 Å². The third-order valence-corrected chi connectivity index (χ3v) is 4.97. The van der Waals surface area contributed by atoms with E-state index in [9.17, 15) is 0 Å². The molecule has 0 radical (unpaired) electrons. The third-order valence-electron chi connectivity index (χ3n) is 4.97. The maximum Gasteiger partial charge on any atom is 0.498 e. The number of likely N-dealkylation sites (N-methyl/N-ethyl adjacent to an activating group) is 1. The van der Waals surface area contributed by atoms with Crippen molar-refractivity contribution in [1.29, 1.82) is 0 Å². The Morgan fingerprint density at radius 3 is 2.30 bits per heavy atom. The van der Waals surface area contributed by atoms with Crippen LogP contribution in [0.15, 0.2) is 24.8 Å². The van der Waals surface area contributed by atoms with Crippen LogP contribution >= 0.6 is 0 Å². The van der Waals surface area contributed by atoms with Gasteiger partial charge in [0.2, 0.25) is 0 Å². The zero-order valence-corrected chi connectivity index (χ0v) is 17.0. The summed E-state index contributed by atoms with van der Waals surface area (Å²) in [7, 11) is 3.59. The fourth-order valence-electron chi connectivity index (χ4n) is 2.56. The van der Waals surface area contributed by atoms with Gasteiger partial charge in [-0.3, -0.25) is 4.68 Å². The molecule has 2 aromatic rings. The zero-order valence-electron chi connectivity index (χ0n) is 17.0. The minimum Gasteiger partial charge on any atom is -0.489 e. The highest BCUT2D eigenvalue weighted by atomic mass is 16.7. The summed E-state index contributed by atoms with van der Waals surface area (Å²) in [6, 6.07) is 0. The summed E-state index contributed by atoms with van der Waals surface area (Å²) in [5, 5.41) is 4.38. The molecule has 0 spiro atoms. The van der Waals surface area contributed by atoms with Gasteiger partial charge >= 0.3 is 7.12 Å². The van der Waals surface area contributed by atoms with Crippen LogP contribution in [-0.2, 0) is 15.9 Å². The standard InChI is InChI=1S/C18H28BN5O3/c1-17(2)18(3,4)27-19(26-17)14-9-22-24(12-14)13-16-20-10-15(11-21-16)25-8-7-23(5)6/h9-12H,7-8,13H2,1-6H3. The maximum absolute atomic E-state index is 6.06. The fourth-order valence-corrected chi connectivity index (χ4v) is 2.56. The molecule has 1 aliphatic heterocycles. The van der Waals surface area contributed by atoms with E-state index in [1.54, 1.807) is 23.3 Å². The lowest BCUT2D eigenvalue weighted by molar-refractivity contribution is 0.00578. The first kappa shape index (κ1) is 19.8. The highest BCUT2D eigenvalue weighted by molar-refractivity contribution is 6.61. The number of aromatic nitrogens is 4. The smallest absolute Gasteiger partial charge is 0.489 e. The maximum atomic E-state index is 6.06. The van der Waals surface area contributed by atoms with Gasteiger partial charge in [-0.05, 0) is 41.8 Å². The van der Waals surface area contributed by atoms with Crippen LogP contribution in [0.5, 0.6) is 5.75 Å². The normalized spacial score (nSPS) is 18.3. The minimum absolute atomic E-state index is 0.370. The molecule has 0 aliphatic carbocycles. The first-order valence-electron chi connectivity index (χ1n) is 9.13. The van der Waals surface area contributed by atoms with Gasteiger partial charge in [0.15, 0.2) is 5.75 Å². The molecule has 9 heteroatoms. The molecule has 2 aromatic heterocycles. The van der Waals surface area contributed by atoms with Gasteiger partial charge in [-0.25, -0.2) is 9.97 Å². The quantitative estimate of drug-likeness (QED) is 0.670. The second-order valence-electron chi connectivity index (χ2n) is 8.05. The minimum atomic E-state index is -0.419. The second kappa shape index (κ2) is 7.57. The Balaban J connectivity index is 1.58. The fraction of sp³-hybridized carbons (Fsp3) is 0.611. The van der Waals surface area contributed by atoms with E-state index in [0.717, 1.165) is 12.0 Å². The van der Waals surface area contributed by atoms with Crippen LogP contribution in [0.2, 0.25) is 0 Å². The summed E-state index contributed by atoms with van der Waals surface area (Å²) in [6.07, 6.45) is 7.06. The first-order valence-corrected chi connectivity index (χ1v) is 9.13. The Bertz CT molecular complexity index is 745. The molecule has 1 saturated heterocycles. The molecule has 1 aliphatic rings. The topological polar surface area (TPSA) is 74.5 Å². The molecule has 27 heavy (non-hydrogen) atoms. The molecule has 0 saturated carbocycles. The van der Waals surface area contributed by atoms with E-state index in [-0.39, 0.29) is 11.2 Å². The molecule has 3 rings (SSSR count). The number of nitrogens with zero attached hydrogens (tertiary/aromatic N) is 5. The van der Waals surface area contributed by atoms with Gasteiger partial charge in [0.05, 0.1) is 23.6 Å². The zero-order chi connectivity index (χ0) is 19.7. The van der Waals surface area contributed by atoms with E-state index < -0.39 is 7.12 Å². The van der Waals surface area contributed by atoms with Gasteiger partial charge in [0.25, 0.3) is 0 Å². The van der Waals surface area contributed by atoms with Gasteiger partial charge in [0, 0.05) is 24.4 Å². The number of hydrogen-bond acceptors (Lipinski definition) is 7. The first-order chi connectivity index (χ1) is 12.7. The molecular formula is C18H28BN5O3. The van der Waals surface area contributed by atoms with Gasteiger partial charge in [-0.1, -0.05) is 0 Å². The molecule has 0 unspecified atom stereocenters. The van der Waals surface area contributed by atoms with Gasteiger partial charge in [0.1, 0.15) is 19.0 Å². The Kier molecular flexibility index (Phi) is 5.55. The third kappa shape index (κ3) is 4.66. The molecule has 8 nitrogen and oxygen atoms in total. The van der Waals surface area contributed by atoms with E-state index in [0.29, 0.717) is 24.7 Å². The van der Waals surface area contributed by atoms with Gasteiger partial charge in [-0.15, -0.1) is 0 Å². The highest BCUT2D eigenvalue weighted by Crippen LogP contribution is 2.36. The van der Waals surface area contributed by atoms with Crippen molar-refractivity contribution in [2.24, 2.45) is 0 Å². The van der Waals surface area contributed by atoms with E-state index in [4.69, 9.17) is 14.0 Å². The predicted octanol–water partition coefficient (Wildman–Crippen LogP) is 0.961. The van der Waals surface area contributed by atoms with Crippen molar-refractivity contribution >= 4 is 12.6 Å². The molecular weight excluding hydrogens is 345 g/mol. The van der Waals surface area contributed by atoms with Gasteiger partial charge < -0.3 is 18.9 Å². The molecule has 0 N–H and O–H groups in total. The summed E-state index contributed by atoms with van der Waals surface area (Å²) in [5.41, 5.74) is 0.147. The molecule has 0 aromatic carbocycles. The van der Waals surface area contributed by atoms with Crippen molar-refractivity contribution in [3.8, 4) is 5.75 Å². The molecule has 1 fully saturated rings. The van der Waals surface area contributed by atoms with Crippen LogP contribution in [0, 0.1) is 0 Å². The largest absolute Gasteiger partial charge is 0.498 e. The number of ether oxygens (including phenoxy) is 1. The van der Waals surface area contributed by atoms with E-state index in [1.165, 1.54) is 0 Å². The van der Waals surface area contributed by atoms with Crippen LogP contribution in [0.25, 0.3) is 0 Å². The van der Waals surface area contributed by atoms with Crippen molar-refractivity contribution in [1.82, 2.24) is 24.6 Å². The van der Waals surface area contributed by atoms with Crippen molar-refractivity contribution < 1.29 is 14.0 Å². The Morgan fingerprint density at radius 1 is 1.07 bits per heavy atom. The van der Waals surface area contributed by atoms with Crippen LogP contribution in [0.4, 0.5) is 0 Å². The average molecular weight is 373 g/mol. The second-order valence-corrected chi connectivity index (χ2v) is 8.05. The number of hydrogen-bond donors (Lipinski definition) is 0. The lowest BCUT2D eigenvalue weighted by Gasteiger charge is -2.32. The molecule has 146 valence electrons. The van der Waals surface area contributed by atoms with Crippen LogP contribution in [0.3, 0.4) is 0 Å². The predicted molar refractivity (Wildman–Crippen MR) is 103 cm³/mol. The van der Waals surface area contributed by atoms with Crippen molar-refractivity contribution in [3.05, 3.63) is 30.6 Å². The Hall–Kier alpha value is -1.97. The number of rotatable bonds is 7. The summed E-state index contributed by atoms with van der Waals surface area (Å²) in [6.45, 7) is 10.1. The molecule has 3 heterocycles. The lowest BCUT2D eigenvalue weighted by Crippen LogP contribution is -2.41. The summed E-state index contributed by atoms with van der Waals surface area (Å²) < 4.78 is 19.5. The van der Waals surface area contributed by atoms with E-state index >= 15 is 0 Å². The summed E-state index contributed by atoms with van der Waals surface area (Å²) in [5.74, 6) is 1.33. The van der Waals surface area contributed by atoms with Crippen LogP contribution in [-0.4, -0.2) is 70.2 Å². The Morgan fingerprint density at radius 2 is 1.70 bits per heavy atom. The van der Waals surface area contributed by atoms with Crippen LogP contribution < -0.4 is 10.2 Å². The summed E-state index contributed by atoms with van der Waals surface area (Å²) in [4.78, 5) is 10.8. The SMILES string of the molecule is CN(C)CCOc1cnc(Cn2cc(B3OC(C)(C)C(C)(C)O3)cn2)nc1. The van der Waals surface area contributed by atoms with Crippen molar-refractivity contribution in [3.63, 3.8) is 0 Å². The molecule has 0 amide bonds. The Labute approximate surface area is 161 Å². The highest BCUT2D eigenvalue weighted by Gasteiger charge is 2.52. The molecule has 0 bridgehead atoms. The van der Waals surface area contributed by atoms with Crippen molar-refractivity contribution in [2.45, 2.75) is 45.4 Å². The molecule has 0 atom stereocenters. The lowest BCUT2D eigenvalue weighted by atomic mass is 9.82. The summed E-state index contributed by atoms with van der Waals surface area (Å²) >= 11 is 0. The van der Waals surface area contributed by atoms with Crippen LogP contribution in [0.1, 0.15) is 33.5 Å². The van der Waals surface area contributed by atoms with Crippen molar-refractivity contribution in [2.75, 3.05) is 27.2 Å². The van der Waals surface area contributed by atoms with E-state index in [1.807, 2.05) is 48.0 Å². The monoisotopic (exact) mass is 373 g/mol. The average Bonchev–Trinajstić information content (AvgIpc) is 3.11.